The lowest BCUT2D eigenvalue weighted by Crippen LogP contribution is -2.27. The van der Waals surface area contributed by atoms with Gasteiger partial charge in [-0.05, 0) is 17.6 Å². The summed E-state index contributed by atoms with van der Waals surface area (Å²) in [4.78, 5) is 10.7. The minimum Gasteiger partial charge on any atom is -0.425 e. The smallest absolute Gasteiger partial charge is 0.425 e. The molecule has 5 heteroatoms. The predicted octanol–water partition coefficient (Wildman–Crippen LogP) is 0.429. The Kier molecular flexibility index (Phi) is 2.67. The van der Waals surface area contributed by atoms with Crippen LogP contribution in [0.3, 0.4) is 0 Å². The van der Waals surface area contributed by atoms with Gasteiger partial charge in [0.2, 0.25) is 0 Å². The molecule has 0 aromatic heterocycles. The standard InChI is InChI=1S/C6H6BNO2S/c9-7(8-10)5-1-3-6(11)4-2-5/h1-4,9,11H. The zero-order valence-electron chi connectivity index (χ0n) is 5.64. The van der Waals surface area contributed by atoms with E-state index in [1.54, 1.807) is 24.3 Å². The van der Waals surface area contributed by atoms with E-state index in [1.807, 2.05) is 0 Å². The molecule has 1 aromatic rings. The summed E-state index contributed by atoms with van der Waals surface area (Å²) in [5, 5.41) is 11.4. The fourth-order valence-electron chi connectivity index (χ4n) is 0.707. The highest BCUT2D eigenvalue weighted by Crippen LogP contribution is 2.01. The largest absolute Gasteiger partial charge is 0.517 e. The first-order valence-corrected chi connectivity index (χ1v) is 3.48. The van der Waals surface area contributed by atoms with Gasteiger partial charge >= 0.3 is 7.05 Å². The molecule has 1 rings (SSSR count). The Morgan fingerprint density at radius 1 is 1.36 bits per heavy atom. The molecule has 0 unspecified atom stereocenters. The van der Waals surface area contributed by atoms with Crippen molar-refractivity contribution in [3.63, 3.8) is 0 Å². The highest BCUT2D eigenvalue weighted by Gasteiger charge is 2.14. The molecule has 0 bridgehead atoms. The number of hydrogen-bond donors (Lipinski definition) is 2. The molecule has 0 atom stereocenters. The van der Waals surface area contributed by atoms with E-state index in [2.05, 4.69) is 17.7 Å². The van der Waals surface area contributed by atoms with Gasteiger partial charge in [-0.2, -0.15) is 4.91 Å². The van der Waals surface area contributed by atoms with Crippen LogP contribution in [-0.4, -0.2) is 12.1 Å². The Labute approximate surface area is 70.0 Å². The van der Waals surface area contributed by atoms with Gasteiger partial charge in [0.1, 0.15) is 0 Å². The molecule has 0 amide bonds. The van der Waals surface area contributed by atoms with Crippen LogP contribution in [0, 0.1) is 4.91 Å². The average Bonchev–Trinajstić information content (AvgIpc) is 2.05. The Bertz CT molecular complexity index is 251. The van der Waals surface area contributed by atoms with Crippen molar-refractivity contribution < 1.29 is 5.02 Å². The SMILES string of the molecule is O=NB(O)c1ccc(S)cc1. The zero-order chi connectivity index (χ0) is 8.27. The quantitative estimate of drug-likeness (QED) is 0.381. The summed E-state index contributed by atoms with van der Waals surface area (Å²) in [5.74, 6) is 0. The monoisotopic (exact) mass is 167 g/mol. The maximum Gasteiger partial charge on any atom is 0.517 e. The van der Waals surface area contributed by atoms with Gasteiger partial charge in [-0.3, -0.25) is 0 Å². The molecule has 0 saturated carbocycles. The van der Waals surface area contributed by atoms with Crippen LogP contribution < -0.4 is 5.46 Å². The van der Waals surface area contributed by atoms with E-state index >= 15 is 0 Å². The number of nitroso groups, excluding NO2 is 1. The van der Waals surface area contributed by atoms with Crippen molar-refractivity contribution in [3.8, 4) is 0 Å². The van der Waals surface area contributed by atoms with Crippen LogP contribution in [0.1, 0.15) is 0 Å². The van der Waals surface area contributed by atoms with Crippen LogP contribution >= 0.6 is 12.6 Å². The summed E-state index contributed by atoms with van der Waals surface area (Å²) >= 11 is 4.04. The normalized spacial score (nSPS) is 9.27. The number of thiol groups is 1. The lowest BCUT2D eigenvalue weighted by molar-refractivity contribution is 0.587. The first kappa shape index (κ1) is 8.29. The van der Waals surface area contributed by atoms with Gasteiger partial charge in [0.25, 0.3) is 0 Å². The third-order valence-corrected chi connectivity index (χ3v) is 1.59. The topological polar surface area (TPSA) is 49.7 Å². The van der Waals surface area contributed by atoms with Crippen LogP contribution in [0.2, 0.25) is 0 Å². The second-order valence-corrected chi connectivity index (χ2v) is 2.59. The molecule has 0 heterocycles. The second-order valence-electron chi connectivity index (χ2n) is 2.07. The Hall–Kier alpha value is -0.805. The molecule has 1 N–H and O–H groups in total. The molecule has 0 aliphatic rings. The Balaban J connectivity index is 2.89. The zero-order valence-corrected chi connectivity index (χ0v) is 6.53. The molecular weight excluding hydrogens is 161 g/mol. The summed E-state index contributed by atoms with van der Waals surface area (Å²) in [6.07, 6.45) is 0. The lowest BCUT2D eigenvalue weighted by Gasteiger charge is -1.96. The van der Waals surface area contributed by atoms with Gasteiger partial charge in [-0.25, -0.2) is 0 Å². The third kappa shape index (κ3) is 2.06. The van der Waals surface area contributed by atoms with E-state index in [1.165, 1.54) is 0 Å². The van der Waals surface area contributed by atoms with Crippen molar-refractivity contribution in [1.29, 1.82) is 0 Å². The van der Waals surface area contributed by atoms with Gasteiger partial charge in [-0.15, -0.1) is 12.6 Å². The van der Waals surface area contributed by atoms with Crippen LogP contribution in [0.15, 0.2) is 34.2 Å². The first-order chi connectivity index (χ1) is 5.24. The maximum absolute atomic E-state index is 9.87. The molecule has 0 aliphatic carbocycles. The summed E-state index contributed by atoms with van der Waals surface area (Å²) < 4.78 is 0. The molecule has 0 spiro atoms. The second kappa shape index (κ2) is 3.55. The van der Waals surface area contributed by atoms with Crippen molar-refractivity contribution in [2.24, 2.45) is 5.09 Å². The molecule has 1 aromatic carbocycles. The summed E-state index contributed by atoms with van der Waals surface area (Å²) in [6.45, 7) is 0. The lowest BCUT2D eigenvalue weighted by atomic mass is 9.76. The van der Waals surface area contributed by atoms with E-state index < -0.39 is 7.05 Å². The van der Waals surface area contributed by atoms with Gasteiger partial charge in [-0.1, -0.05) is 17.2 Å². The van der Waals surface area contributed by atoms with Crippen molar-refractivity contribution in [3.05, 3.63) is 29.2 Å². The van der Waals surface area contributed by atoms with Crippen molar-refractivity contribution >= 4 is 25.1 Å². The van der Waals surface area contributed by atoms with Crippen molar-refractivity contribution in [1.82, 2.24) is 0 Å². The van der Waals surface area contributed by atoms with E-state index in [0.717, 1.165) is 4.90 Å². The van der Waals surface area contributed by atoms with Crippen LogP contribution in [0.5, 0.6) is 0 Å². The molecule has 0 saturated heterocycles. The van der Waals surface area contributed by atoms with E-state index in [4.69, 9.17) is 5.02 Å². The number of nitrogens with zero attached hydrogens (tertiary/aromatic N) is 1. The van der Waals surface area contributed by atoms with Crippen LogP contribution in [0.25, 0.3) is 0 Å². The molecule has 0 fully saturated rings. The minimum absolute atomic E-state index is 0.484. The molecule has 56 valence electrons. The highest BCUT2D eigenvalue weighted by molar-refractivity contribution is 7.80. The summed E-state index contributed by atoms with van der Waals surface area (Å²) in [6, 6.07) is 6.59. The Morgan fingerprint density at radius 2 is 1.91 bits per heavy atom. The first-order valence-electron chi connectivity index (χ1n) is 3.03. The van der Waals surface area contributed by atoms with E-state index in [-0.39, 0.29) is 0 Å². The summed E-state index contributed by atoms with van der Waals surface area (Å²) in [7, 11) is -1.26. The molecule has 3 nitrogen and oxygen atoms in total. The number of rotatable bonds is 2. The van der Waals surface area contributed by atoms with Crippen molar-refractivity contribution in [2.45, 2.75) is 4.90 Å². The molecule has 0 aliphatic heterocycles. The Morgan fingerprint density at radius 3 is 2.36 bits per heavy atom. The molecule has 11 heavy (non-hydrogen) atoms. The van der Waals surface area contributed by atoms with Gasteiger partial charge in [0.15, 0.2) is 0 Å². The average molecular weight is 167 g/mol. The van der Waals surface area contributed by atoms with E-state index in [0.29, 0.717) is 5.46 Å². The fraction of sp³-hybridized carbons (Fsp3) is 0. The maximum atomic E-state index is 9.87. The van der Waals surface area contributed by atoms with Crippen LogP contribution in [-0.2, 0) is 0 Å². The number of hydrogen-bond acceptors (Lipinski definition) is 4. The van der Waals surface area contributed by atoms with Gasteiger partial charge in [0.05, 0.1) is 0 Å². The third-order valence-electron chi connectivity index (χ3n) is 1.29. The van der Waals surface area contributed by atoms with Crippen LogP contribution in [0.4, 0.5) is 0 Å². The number of benzene rings is 1. The molecular formula is C6H6BNO2S. The van der Waals surface area contributed by atoms with Crippen molar-refractivity contribution in [2.75, 3.05) is 0 Å². The minimum atomic E-state index is -1.26. The van der Waals surface area contributed by atoms with Gasteiger partial charge in [0, 0.05) is 4.90 Å². The highest BCUT2D eigenvalue weighted by atomic mass is 32.1. The van der Waals surface area contributed by atoms with E-state index in [9.17, 15) is 4.91 Å². The molecule has 0 radical (unpaired) electrons. The van der Waals surface area contributed by atoms with Gasteiger partial charge < -0.3 is 5.02 Å². The summed E-state index contributed by atoms with van der Waals surface area (Å²) in [5.41, 5.74) is 0.484. The fourth-order valence-corrected chi connectivity index (χ4v) is 0.856. The predicted molar refractivity (Wildman–Crippen MR) is 47.1 cm³/mol.